The molecule has 150 valence electrons. The number of amides is 2. The van der Waals surface area contributed by atoms with Gasteiger partial charge < -0.3 is 0 Å². The summed E-state index contributed by atoms with van der Waals surface area (Å²) < 4.78 is 13.3. The number of carbonyl (C=O) groups is 4. The minimum absolute atomic E-state index is 0.00446. The van der Waals surface area contributed by atoms with Crippen LogP contribution >= 0.6 is 0 Å². The van der Waals surface area contributed by atoms with E-state index in [0.717, 1.165) is 17.0 Å². The predicted octanol–water partition coefficient (Wildman–Crippen LogP) is 3.56. The second-order valence-electron chi connectivity index (χ2n) is 6.99. The van der Waals surface area contributed by atoms with Crippen LogP contribution in [-0.2, 0) is 14.4 Å². The Hall–Kier alpha value is -4.39. The molecule has 2 aliphatic rings. The Morgan fingerprint density at radius 3 is 1.90 bits per heavy atom. The van der Waals surface area contributed by atoms with E-state index in [1.807, 2.05) is 0 Å². The zero-order valence-corrected chi connectivity index (χ0v) is 15.9. The topological polar surface area (TPSA) is 74.8 Å². The average molecular weight is 412 g/mol. The van der Waals surface area contributed by atoms with Crippen LogP contribution in [0.1, 0.15) is 10.4 Å². The molecule has 2 heterocycles. The molecule has 5 rings (SSSR count). The van der Waals surface area contributed by atoms with Gasteiger partial charge in [0, 0.05) is 11.3 Å². The molecular formula is C24H13FN2O4. The van der Waals surface area contributed by atoms with E-state index in [-0.39, 0.29) is 11.3 Å². The summed E-state index contributed by atoms with van der Waals surface area (Å²) in [5.74, 6) is -4.08. The SMILES string of the molecule is O=C1C(=O)N2C(=C1C(=O)c1ccc(F)cc1)C(=O)N(c1ccccc1)c1ccccc12. The van der Waals surface area contributed by atoms with E-state index in [0.29, 0.717) is 17.1 Å². The molecule has 0 saturated carbocycles. The summed E-state index contributed by atoms with van der Waals surface area (Å²) in [7, 11) is 0. The molecule has 31 heavy (non-hydrogen) atoms. The van der Waals surface area contributed by atoms with E-state index in [4.69, 9.17) is 0 Å². The van der Waals surface area contributed by atoms with Gasteiger partial charge in [0.05, 0.1) is 11.4 Å². The monoisotopic (exact) mass is 412 g/mol. The average Bonchev–Trinajstić information content (AvgIpc) is 3.06. The molecule has 0 saturated heterocycles. The van der Waals surface area contributed by atoms with Gasteiger partial charge in [0.2, 0.25) is 0 Å². The van der Waals surface area contributed by atoms with E-state index in [9.17, 15) is 23.6 Å². The van der Waals surface area contributed by atoms with Crippen molar-refractivity contribution in [2.45, 2.75) is 0 Å². The summed E-state index contributed by atoms with van der Waals surface area (Å²) in [5.41, 5.74) is 0.446. The normalized spacial score (nSPS) is 15.3. The Balaban J connectivity index is 1.76. The van der Waals surface area contributed by atoms with E-state index in [1.165, 1.54) is 17.0 Å². The van der Waals surface area contributed by atoms with Crippen molar-refractivity contribution in [1.29, 1.82) is 0 Å². The number of hydrogen-bond acceptors (Lipinski definition) is 4. The Labute approximate surface area is 175 Å². The molecular weight excluding hydrogens is 399 g/mol. The zero-order chi connectivity index (χ0) is 21.7. The third-order valence-corrected chi connectivity index (χ3v) is 5.20. The molecule has 0 radical (unpaired) electrons. The quantitative estimate of drug-likeness (QED) is 0.375. The fourth-order valence-electron chi connectivity index (χ4n) is 3.81. The lowest BCUT2D eigenvalue weighted by Gasteiger charge is -2.35. The fraction of sp³-hybridized carbons (Fsp3) is 0. The maximum atomic E-state index is 13.6. The number of anilines is 3. The summed E-state index contributed by atoms with van der Waals surface area (Å²) in [6.07, 6.45) is 0. The predicted molar refractivity (Wildman–Crippen MR) is 110 cm³/mol. The van der Waals surface area contributed by atoms with Crippen molar-refractivity contribution in [3.63, 3.8) is 0 Å². The van der Waals surface area contributed by atoms with Gasteiger partial charge in [-0.3, -0.25) is 29.0 Å². The third-order valence-electron chi connectivity index (χ3n) is 5.20. The van der Waals surface area contributed by atoms with Crippen LogP contribution in [0.2, 0.25) is 0 Å². The number of fused-ring (bicyclic) bond motifs is 3. The van der Waals surface area contributed by atoms with Gasteiger partial charge in [-0.05, 0) is 48.5 Å². The van der Waals surface area contributed by atoms with Gasteiger partial charge in [-0.1, -0.05) is 30.3 Å². The van der Waals surface area contributed by atoms with Crippen molar-refractivity contribution in [2.24, 2.45) is 0 Å². The Kier molecular flexibility index (Phi) is 4.11. The first-order valence-electron chi connectivity index (χ1n) is 9.41. The minimum atomic E-state index is -1.07. The summed E-state index contributed by atoms with van der Waals surface area (Å²) in [6, 6.07) is 19.9. The van der Waals surface area contributed by atoms with Gasteiger partial charge in [-0.15, -0.1) is 0 Å². The summed E-state index contributed by atoms with van der Waals surface area (Å²) in [6.45, 7) is 0. The molecule has 2 aliphatic heterocycles. The molecule has 0 fully saturated rings. The van der Waals surface area contributed by atoms with Gasteiger partial charge >= 0.3 is 5.91 Å². The van der Waals surface area contributed by atoms with Crippen molar-refractivity contribution >= 4 is 40.4 Å². The highest BCUT2D eigenvalue weighted by Gasteiger charge is 2.50. The summed E-state index contributed by atoms with van der Waals surface area (Å²) in [4.78, 5) is 54.7. The van der Waals surface area contributed by atoms with Gasteiger partial charge in [0.1, 0.15) is 17.1 Å². The van der Waals surface area contributed by atoms with Crippen molar-refractivity contribution < 1.29 is 23.6 Å². The highest BCUT2D eigenvalue weighted by atomic mass is 19.1. The molecule has 0 N–H and O–H groups in total. The molecule has 0 aromatic heterocycles. The van der Waals surface area contributed by atoms with Gasteiger partial charge in [-0.2, -0.15) is 0 Å². The van der Waals surface area contributed by atoms with Crippen LogP contribution in [-0.4, -0.2) is 23.4 Å². The number of benzene rings is 3. The number of carbonyl (C=O) groups excluding carboxylic acids is 4. The van der Waals surface area contributed by atoms with E-state index < -0.39 is 34.8 Å². The Bertz CT molecular complexity index is 1310. The van der Waals surface area contributed by atoms with Crippen molar-refractivity contribution in [3.05, 3.63) is 102 Å². The lowest BCUT2D eigenvalue weighted by molar-refractivity contribution is -0.132. The van der Waals surface area contributed by atoms with Gasteiger partial charge in [0.15, 0.2) is 5.78 Å². The van der Waals surface area contributed by atoms with E-state index in [2.05, 4.69) is 0 Å². The standard InChI is InChI=1S/C24H13FN2O4/c25-15-12-10-14(11-13-15)21(28)19-20-23(30)26(16-6-2-1-3-7-16)17-8-4-5-9-18(17)27(20)24(31)22(19)29/h1-13H. The summed E-state index contributed by atoms with van der Waals surface area (Å²) >= 11 is 0. The van der Waals surface area contributed by atoms with Crippen LogP contribution in [0.25, 0.3) is 0 Å². The maximum absolute atomic E-state index is 13.6. The van der Waals surface area contributed by atoms with Crippen LogP contribution in [0, 0.1) is 5.82 Å². The molecule has 0 aliphatic carbocycles. The molecule has 0 spiro atoms. The second kappa shape index (κ2) is 6.84. The van der Waals surface area contributed by atoms with Gasteiger partial charge in [-0.25, -0.2) is 4.39 Å². The number of nitrogens with zero attached hydrogens (tertiary/aromatic N) is 2. The molecule has 0 unspecified atom stereocenters. The van der Waals surface area contributed by atoms with Crippen LogP contribution in [0.3, 0.4) is 0 Å². The third kappa shape index (κ3) is 2.71. The maximum Gasteiger partial charge on any atom is 0.304 e. The minimum Gasteiger partial charge on any atom is -0.288 e. The summed E-state index contributed by atoms with van der Waals surface area (Å²) in [5, 5.41) is 0. The first kappa shape index (κ1) is 18.6. The first-order valence-corrected chi connectivity index (χ1v) is 9.41. The van der Waals surface area contributed by atoms with Crippen molar-refractivity contribution in [2.75, 3.05) is 9.80 Å². The fourth-order valence-corrected chi connectivity index (χ4v) is 3.81. The van der Waals surface area contributed by atoms with Gasteiger partial charge in [0.25, 0.3) is 11.7 Å². The van der Waals surface area contributed by atoms with Crippen LogP contribution in [0.4, 0.5) is 21.5 Å². The molecule has 0 atom stereocenters. The highest BCUT2D eigenvalue weighted by molar-refractivity contribution is 6.60. The number of hydrogen-bond donors (Lipinski definition) is 0. The Morgan fingerprint density at radius 2 is 1.26 bits per heavy atom. The molecule has 0 bridgehead atoms. The molecule has 3 aromatic rings. The van der Waals surface area contributed by atoms with Crippen LogP contribution in [0.5, 0.6) is 0 Å². The zero-order valence-electron chi connectivity index (χ0n) is 15.9. The molecule has 3 aromatic carbocycles. The molecule has 2 amide bonds. The molecule has 6 nitrogen and oxygen atoms in total. The second-order valence-corrected chi connectivity index (χ2v) is 6.99. The largest absolute Gasteiger partial charge is 0.304 e. The number of ketones is 2. The number of para-hydroxylation sites is 3. The lowest BCUT2D eigenvalue weighted by Crippen LogP contribution is -2.42. The van der Waals surface area contributed by atoms with Crippen LogP contribution in [0.15, 0.2) is 90.1 Å². The Morgan fingerprint density at radius 1 is 0.677 bits per heavy atom. The van der Waals surface area contributed by atoms with Crippen molar-refractivity contribution in [3.8, 4) is 0 Å². The first-order chi connectivity index (χ1) is 15.0. The van der Waals surface area contributed by atoms with E-state index in [1.54, 1.807) is 54.6 Å². The number of halogens is 1. The molecule has 7 heteroatoms. The highest BCUT2D eigenvalue weighted by Crippen LogP contribution is 2.45. The van der Waals surface area contributed by atoms with Crippen LogP contribution < -0.4 is 9.80 Å². The van der Waals surface area contributed by atoms with E-state index >= 15 is 0 Å². The smallest absolute Gasteiger partial charge is 0.288 e. The van der Waals surface area contributed by atoms with Crippen molar-refractivity contribution in [1.82, 2.24) is 0 Å². The lowest BCUT2D eigenvalue weighted by atomic mass is 9.98. The number of rotatable bonds is 3. The number of Topliss-reactive ketones (excluding diaryl/α,β-unsaturated/α-hetero) is 2.